The Morgan fingerprint density at radius 1 is 1.32 bits per heavy atom. The highest BCUT2D eigenvalue weighted by atomic mass is 16.2. The maximum atomic E-state index is 12.1. The van der Waals surface area contributed by atoms with E-state index in [2.05, 4.69) is 10.6 Å². The van der Waals surface area contributed by atoms with Gasteiger partial charge < -0.3 is 10.6 Å². The van der Waals surface area contributed by atoms with Crippen LogP contribution in [0.5, 0.6) is 0 Å². The molecule has 0 aliphatic carbocycles. The highest BCUT2D eigenvalue weighted by Gasteiger charge is 2.38. The molecule has 0 spiro atoms. The fourth-order valence-corrected chi connectivity index (χ4v) is 2.38. The lowest BCUT2D eigenvalue weighted by molar-refractivity contribution is -0.130. The summed E-state index contributed by atoms with van der Waals surface area (Å²) in [6.07, 6.45) is 2.42. The number of hydrogen-bond donors (Lipinski definition) is 2. The Morgan fingerprint density at radius 3 is 2.73 bits per heavy atom. The molecule has 6 heteroatoms. The third kappa shape index (κ3) is 3.63. The Hall–Kier alpha value is -2.37. The van der Waals surface area contributed by atoms with Crippen LogP contribution in [0.15, 0.2) is 24.3 Å². The molecule has 1 heterocycles. The molecular weight excluding hydrogens is 282 g/mol. The molecule has 2 rings (SSSR count). The lowest BCUT2D eigenvalue weighted by atomic mass is 10.1. The van der Waals surface area contributed by atoms with E-state index in [1.54, 1.807) is 6.07 Å². The summed E-state index contributed by atoms with van der Waals surface area (Å²) in [5, 5.41) is 5.35. The molecule has 1 atom stereocenters. The Labute approximate surface area is 129 Å². The number of carbonyl (C=O) groups excluding carboxylic acids is 3. The lowest BCUT2D eigenvalue weighted by Gasteiger charge is -2.14. The molecule has 1 aliphatic heterocycles. The molecule has 1 unspecified atom stereocenters. The van der Waals surface area contributed by atoms with Gasteiger partial charge in [0.2, 0.25) is 5.91 Å². The number of urea groups is 1. The summed E-state index contributed by atoms with van der Waals surface area (Å²) in [6.45, 7) is 3.64. The molecule has 1 aromatic rings. The predicted octanol–water partition coefficient (Wildman–Crippen LogP) is 2.04. The quantitative estimate of drug-likeness (QED) is 0.789. The number of aryl methyl sites for hydroxylation is 1. The fourth-order valence-electron chi connectivity index (χ4n) is 2.38. The van der Waals surface area contributed by atoms with Gasteiger partial charge in [-0.1, -0.05) is 38.0 Å². The van der Waals surface area contributed by atoms with E-state index in [-0.39, 0.29) is 18.4 Å². The highest BCUT2D eigenvalue weighted by molar-refractivity contribution is 6.07. The van der Waals surface area contributed by atoms with Crippen LogP contribution in [0, 0.1) is 6.92 Å². The smallest absolute Gasteiger partial charge is 0.325 e. The number of nitrogens with zero attached hydrogens (tertiary/aromatic N) is 1. The molecule has 118 valence electrons. The van der Waals surface area contributed by atoms with Crippen molar-refractivity contribution in [1.29, 1.82) is 0 Å². The first-order valence-electron chi connectivity index (χ1n) is 7.50. The summed E-state index contributed by atoms with van der Waals surface area (Å²) in [5.41, 5.74) is 1.61. The molecule has 1 aromatic carbocycles. The molecule has 1 fully saturated rings. The average molecular weight is 303 g/mol. The zero-order valence-corrected chi connectivity index (χ0v) is 12.9. The highest BCUT2D eigenvalue weighted by Crippen LogP contribution is 2.15. The summed E-state index contributed by atoms with van der Waals surface area (Å²) < 4.78 is 0. The number of carbonyl (C=O) groups is 3. The van der Waals surface area contributed by atoms with Crippen molar-refractivity contribution < 1.29 is 14.4 Å². The molecule has 1 aliphatic rings. The van der Waals surface area contributed by atoms with Gasteiger partial charge in [0.25, 0.3) is 5.91 Å². The SMILES string of the molecule is CCCCC1NC(=O)N(CC(=O)Nc2ccccc2C)C1=O. The maximum absolute atomic E-state index is 12.1. The number of amides is 4. The third-order valence-corrected chi connectivity index (χ3v) is 3.67. The van der Waals surface area contributed by atoms with Gasteiger partial charge in [0.1, 0.15) is 12.6 Å². The minimum absolute atomic E-state index is 0.262. The Kier molecular flexibility index (Phi) is 5.14. The molecule has 6 nitrogen and oxygen atoms in total. The molecule has 0 bridgehead atoms. The molecular formula is C16H21N3O3. The number of nitrogens with one attached hydrogen (secondary N) is 2. The van der Waals surface area contributed by atoms with Crippen molar-refractivity contribution in [3.05, 3.63) is 29.8 Å². The van der Waals surface area contributed by atoms with Gasteiger partial charge in [-0.3, -0.25) is 14.5 Å². The number of benzene rings is 1. The number of unbranched alkanes of at least 4 members (excludes halogenated alkanes) is 1. The van der Waals surface area contributed by atoms with Gasteiger partial charge in [0.05, 0.1) is 0 Å². The standard InChI is InChI=1S/C16H21N3O3/c1-3-4-8-13-15(21)19(16(22)18-13)10-14(20)17-12-9-6-5-7-11(12)2/h5-7,9,13H,3-4,8,10H2,1-2H3,(H,17,20)(H,18,22). The van der Waals surface area contributed by atoms with Gasteiger partial charge >= 0.3 is 6.03 Å². The van der Waals surface area contributed by atoms with Gasteiger partial charge in [-0.15, -0.1) is 0 Å². The maximum Gasteiger partial charge on any atom is 0.325 e. The van der Waals surface area contributed by atoms with Crippen molar-refractivity contribution in [2.45, 2.75) is 39.2 Å². The zero-order valence-electron chi connectivity index (χ0n) is 12.9. The summed E-state index contributed by atoms with van der Waals surface area (Å²) in [6, 6.07) is 6.36. The van der Waals surface area contributed by atoms with Crippen LogP contribution in [-0.2, 0) is 9.59 Å². The second kappa shape index (κ2) is 7.06. The van der Waals surface area contributed by atoms with E-state index in [1.807, 2.05) is 32.0 Å². The molecule has 0 saturated carbocycles. The van der Waals surface area contributed by atoms with Gasteiger partial charge in [-0.25, -0.2) is 4.79 Å². The monoisotopic (exact) mass is 303 g/mol. The van der Waals surface area contributed by atoms with Crippen molar-refractivity contribution in [3.63, 3.8) is 0 Å². The lowest BCUT2D eigenvalue weighted by Crippen LogP contribution is -2.38. The Morgan fingerprint density at radius 2 is 2.05 bits per heavy atom. The van der Waals surface area contributed by atoms with Crippen LogP contribution in [0.3, 0.4) is 0 Å². The molecule has 4 amide bonds. The van der Waals surface area contributed by atoms with Crippen molar-refractivity contribution in [3.8, 4) is 0 Å². The molecule has 22 heavy (non-hydrogen) atoms. The number of rotatable bonds is 6. The van der Waals surface area contributed by atoms with Crippen LogP contribution in [0.25, 0.3) is 0 Å². The van der Waals surface area contributed by atoms with E-state index in [0.29, 0.717) is 12.1 Å². The van der Waals surface area contributed by atoms with E-state index in [1.165, 1.54) is 0 Å². The molecule has 1 saturated heterocycles. The summed E-state index contributed by atoms with van der Waals surface area (Å²) in [4.78, 5) is 37.0. The van der Waals surface area contributed by atoms with Crippen molar-refractivity contribution >= 4 is 23.5 Å². The normalized spacial score (nSPS) is 17.5. The largest absolute Gasteiger partial charge is 0.326 e. The minimum Gasteiger partial charge on any atom is -0.326 e. The molecule has 0 aromatic heterocycles. The van der Waals surface area contributed by atoms with E-state index in [0.717, 1.165) is 23.3 Å². The van der Waals surface area contributed by atoms with E-state index in [9.17, 15) is 14.4 Å². The number of imide groups is 1. The van der Waals surface area contributed by atoms with Gasteiger partial charge in [0, 0.05) is 5.69 Å². The van der Waals surface area contributed by atoms with Gasteiger partial charge in [-0.05, 0) is 25.0 Å². The summed E-state index contributed by atoms with van der Waals surface area (Å²) in [7, 11) is 0. The second-order valence-electron chi connectivity index (χ2n) is 5.43. The van der Waals surface area contributed by atoms with Crippen LogP contribution < -0.4 is 10.6 Å². The third-order valence-electron chi connectivity index (χ3n) is 3.67. The topological polar surface area (TPSA) is 78.5 Å². The zero-order chi connectivity index (χ0) is 16.1. The van der Waals surface area contributed by atoms with Crippen molar-refractivity contribution in [2.75, 3.05) is 11.9 Å². The first-order valence-corrected chi connectivity index (χ1v) is 7.50. The number of hydrogen-bond acceptors (Lipinski definition) is 3. The first-order chi connectivity index (χ1) is 10.5. The van der Waals surface area contributed by atoms with Crippen LogP contribution in [-0.4, -0.2) is 35.3 Å². The van der Waals surface area contributed by atoms with Gasteiger partial charge in [-0.2, -0.15) is 0 Å². The van der Waals surface area contributed by atoms with Crippen LogP contribution >= 0.6 is 0 Å². The van der Waals surface area contributed by atoms with Crippen molar-refractivity contribution in [1.82, 2.24) is 10.2 Å². The fraction of sp³-hybridized carbons (Fsp3) is 0.438. The first kappa shape index (κ1) is 16.0. The Balaban J connectivity index is 1.95. The Bertz CT molecular complexity index is 586. The molecule has 0 radical (unpaired) electrons. The van der Waals surface area contributed by atoms with Crippen molar-refractivity contribution in [2.24, 2.45) is 0 Å². The van der Waals surface area contributed by atoms with E-state index < -0.39 is 12.1 Å². The summed E-state index contributed by atoms with van der Waals surface area (Å²) in [5.74, 6) is -0.702. The van der Waals surface area contributed by atoms with Crippen LogP contribution in [0.4, 0.5) is 10.5 Å². The van der Waals surface area contributed by atoms with E-state index >= 15 is 0 Å². The summed E-state index contributed by atoms with van der Waals surface area (Å²) >= 11 is 0. The number of anilines is 1. The minimum atomic E-state index is -0.501. The number of para-hydroxylation sites is 1. The molecule has 2 N–H and O–H groups in total. The average Bonchev–Trinajstić information content (AvgIpc) is 2.75. The van der Waals surface area contributed by atoms with Crippen LogP contribution in [0.2, 0.25) is 0 Å². The van der Waals surface area contributed by atoms with Gasteiger partial charge in [0.15, 0.2) is 0 Å². The predicted molar refractivity (Wildman–Crippen MR) is 83.4 cm³/mol. The van der Waals surface area contributed by atoms with Crippen LogP contribution in [0.1, 0.15) is 31.7 Å². The second-order valence-corrected chi connectivity index (χ2v) is 5.43. The van der Waals surface area contributed by atoms with E-state index in [4.69, 9.17) is 0 Å².